The van der Waals surface area contributed by atoms with E-state index < -0.39 is 10.1 Å². The number of aryl methyl sites for hydroxylation is 1. The van der Waals surface area contributed by atoms with Crippen LogP contribution in [0.3, 0.4) is 0 Å². The van der Waals surface area contributed by atoms with Gasteiger partial charge >= 0.3 is 10.1 Å². The molecule has 0 spiro atoms. The number of rotatable bonds is 9. The van der Waals surface area contributed by atoms with E-state index in [1.165, 1.54) is 17.2 Å². The first kappa shape index (κ1) is 23.3. The second-order valence-corrected chi connectivity index (χ2v) is 8.07. The van der Waals surface area contributed by atoms with E-state index in [-0.39, 0.29) is 4.90 Å². The van der Waals surface area contributed by atoms with Crippen LogP contribution in [0.5, 0.6) is 11.5 Å². The molecule has 2 aromatic rings. The minimum atomic E-state index is -3.84. The fraction of sp³-hybridized carbons (Fsp3) is 0.304. The Hall–Kier alpha value is -2.95. The van der Waals surface area contributed by atoms with Gasteiger partial charge in [0.1, 0.15) is 0 Å². The fourth-order valence-electron chi connectivity index (χ4n) is 2.54. The molecule has 2 rings (SSSR count). The molecule has 7 heteroatoms. The lowest BCUT2D eigenvalue weighted by molar-refractivity contribution is 0.0298. The van der Waals surface area contributed by atoms with Gasteiger partial charge in [0, 0.05) is 25.2 Å². The van der Waals surface area contributed by atoms with Gasteiger partial charge in [-0.3, -0.25) is 0 Å². The second-order valence-electron chi connectivity index (χ2n) is 6.54. The molecule has 0 saturated heterocycles. The quantitative estimate of drug-likeness (QED) is 0.336. The van der Waals surface area contributed by atoms with E-state index in [1.54, 1.807) is 39.6 Å². The molecular formula is C23H27NO5S. The molecule has 0 unspecified atom stereocenters. The average Bonchev–Trinajstić information content (AvgIpc) is 2.72. The lowest BCUT2D eigenvalue weighted by atomic mass is 10.2. The number of allylic oxidation sites excluding steroid dienone is 1. The minimum Gasteiger partial charge on any atom is -0.493 e. The number of hydrogen-bond acceptors (Lipinski definition) is 6. The Balaban J connectivity index is 1.78. The summed E-state index contributed by atoms with van der Waals surface area (Å²) in [5, 5.41) is 1.19. The number of benzene rings is 2. The maximum Gasteiger partial charge on any atom is 0.317 e. The Morgan fingerprint density at radius 2 is 1.73 bits per heavy atom. The fourth-order valence-corrected chi connectivity index (χ4v) is 3.45. The smallest absolute Gasteiger partial charge is 0.317 e. The van der Waals surface area contributed by atoms with E-state index >= 15 is 0 Å². The largest absolute Gasteiger partial charge is 0.493 e. The van der Waals surface area contributed by atoms with Crippen LogP contribution in [-0.2, 0) is 14.4 Å². The zero-order chi connectivity index (χ0) is 22.0. The standard InChI is InChI=1S/C23H27NO5S/c1-19-11-14-21(15-12-19)30(25,26)29-24(2)17-9-7-5-6-8-10-20-13-16-22(27-3)23(18-20)28-4/h9,11-18H,5-7H2,1-4H3/b17-9+. The summed E-state index contributed by atoms with van der Waals surface area (Å²) in [5.74, 6) is 7.54. The van der Waals surface area contributed by atoms with Crippen LogP contribution < -0.4 is 9.47 Å². The van der Waals surface area contributed by atoms with E-state index in [0.29, 0.717) is 17.9 Å². The molecule has 0 amide bonds. The molecule has 0 aliphatic rings. The molecule has 0 aromatic heterocycles. The number of methoxy groups -OCH3 is 2. The molecule has 0 radical (unpaired) electrons. The Morgan fingerprint density at radius 3 is 2.40 bits per heavy atom. The molecule has 0 saturated carbocycles. The van der Waals surface area contributed by atoms with Crippen molar-refractivity contribution in [3.8, 4) is 23.3 Å². The summed E-state index contributed by atoms with van der Waals surface area (Å²) >= 11 is 0. The van der Waals surface area contributed by atoms with Crippen molar-refractivity contribution in [2.24, 2.45) is 0 Å². The first-order valence-corrected chi connectivity index (χ1v) is 10.9. The predicted octanol–water partition coefficient (Wildman–Crippen LogP) is 4.30. The molecule has 30 heavy (non-hydrogen) atoms. The molecule has 0 N–H and O–H groups in total. The molecule has 0 fully saturated rings. The number of unbranched alkanes of at least 4 members (excludes halogenated alkanes) is 2. The number of hydrogen-bond donors (Lipinski definition) is 0. The van der Waals surface area contributed by atoms with Gasteiger partial charge in [-0.25, -0.2) is 5.06 Å². The molecule has 0 aliphatic heterocycles. The van der Waals surface area contributed by atoms with E-state index in [4.69, 9.17) is 13.8 Å². The monoisotopic (exact) mass is 429 g/mol. The maximum absolute atomic E-state index is 12.2. The van der Waals surface area contributed by atoms with Crippen molar-refractivity contribution in [2.75, 3.05) is 21.3 Å². The highest BCUT2D eigenvalue weighted by Crippen LogP contribution is 2.27. The van der Waals surface area contributed by atoms with Crippen LogP contribution in [0.4, 0.5) is 0 Å². The number of nitrogens with zero attached hydrogens (tertiary/aromatic N) is 1. The first-order chi connectivity index (χ1) is 14.4. The van der Waals surface area contributed by atoms with Gasteiger partial charge in [-0.1, -0.05) is 35.6 Å². The average molecular weight is 430 g/mol. The third-order valence-corrected chi connectivity index (χ3v) is 5.41. The first-order valence-electron chi connectivity index (χ1n) is 9.47. The van der Waals surface area contributed by atoms with Crippen LogP contribution in [0.2, 0.25) is 0 Å². The maximum atomic E-state index is 12.2. The Kier molecular flexibility index (Phi) is 8.78. The summed E-state index contributed by atoms with van der Waals surface area (Å²) in [5.41, 5.74) is 1.84. The highest BCUT2D eigenvalue weighted by Gasteiger charge is 2.16. The van der Waals surface area contributed by atoms with E-state index in [1.807, 2.05) is 31.2 Å². The van der Waals surface area contributed by atoms with Crippen LogP contribution in [0, 0.1) is 18.8 Å². The third kappa shape index (κ3) is 7.14. The Morgan fingerprint density at radius 1 is 1.03 bits per heavy atom. The van der Waals surface area contributed by atoms with Crippen LogP contribution >= 0.6 is 0 Å². The SMILES string of the molecule is COc1ccc(C#CCCC/C=C/N(C)OS(=O)(=O)c2ccc(C)cc2)cc1OC. The molecule has 0 heterocycles. The van der Waals surface area contributed by atoms with Gasteiger partial charge in [-0.05, 0) is 50.1 Å². The van der Waals surface area contributed by atoms with Gasteiger partial charge in [-0.15, -0.1) is 4.28 Å². The molecule has 160 valence electrons. The number of ether oxygens (including phenoxy) is 2. The summed E-state index contributed by atoms with van der Waals surface area (Å²) in [7, 11) is 0.891. The summed E-state index contributed by atoms with van der Waals surface area (Å²) in [6.07, 6.45) is 5.75. The zero-order valence-electron chi connectivity index (χ0n) is 17.7. The summed E-state index contributed by atoms with van der Waals surface area (Å²) < 4.78 is 40.0. The van der Waals surface area contributed by atoms with Crippen LogP contribution in [0.15, 0.2) is 59.6 Å². The topological polar surface area (TPSA) is 65.1 Å². The third-order valence-electron chi connectivity index (χ3n) is 4.13. The normalized spacial score (nSPS) is 11.1. The van der Waals surface area contributed by atoms with Gasteiger partial charge in [0.05, 0.1) is 19.1 Å². The van der Waals surface area contributed by atoms with Crippen LogP contribution in [0.25, 0.3) is 0 Å². The van der Waals surface area contributed by atoms with Gasteiger partial charge in [0.2, 0.25) is 0 Å². The van der Waals surface area contributed by atoms with Gasteiger partial charge in [-0.2, -0.15) is 8.42 Å². The highest BCUT2D eigenvalue weighted by atomic mass is 32.2. The molecule has 2 aromatic carbocycles. The van der Waals surface area contributed by atoms with Crippen LogP contribution in [0.1, 0.15) is 30.4 Å². The molecule has 0 aliphatic carbocycles. The van der Waals surface area contributed by atoms with Crippen LogP contribution in [-0.4, -0.2) is 34.7 Å². The lowest BCUT2D eigenvalue weighted by Crippen LogP contribution is -2.18. The van der Waals surface area contributed by atoms with Crippen molar-refractivity contribution in [3.05, 3.63) is 65.9 Å². The van der Waals surface area contributed by atoms with Gasteiger partial charge < -0.3 is 9.47 Å². The van der Waals surface area contributed by atoms with E-state index in [2.05, 4.69) is 11.8 Å². The van der Waals surface area contributed by atoms with Gasteiger partial charge in [0.15, 0.2) is 11.5 Å². The second kappa shape index (κ2) is 11.3. The zero-order valence-corrected chi connectivity index (χ0v) is 18.5. The van der Waals surface area contributed by atoms with E-state index in [0.717, 1.165) is 24.0 Å². The van der Waals surface area contributed by atoms with Crippen molar-refractivity contribution in [2.45, 2.75) is 31.1 Å². The van der Waals surface area contributed by atoms with Crippen molar-refractivity contribution >= 4 is 10.1 Å². The van der Waals surface area contributed by atoms with Crippen molar-refractivity contribution < 1.29 is 22.2 Å². The summed E-state index contributed by atoms with van der Waals surface area (Å²) in [6.45, 7) is 1.89. The van der Waals surface area contributed by atoms with Gasteiger partial charge in [0.25, 0.3) is 0 Å². The highest BCUT2D eigenvalue weighted by molar-refractivity contribution is 7.86. The summed E-state index contributed by atoms with van der Waals surface area (Å²) in [4.78, 5) is 0.124. The Labute approximate surface area is 179 Å². The van der Waals surface area contributed by atoms with E-state index in [9.17, 15) is 8.42 Å². The summed E-state index contributed by atoms with van der Waals surface area (Å²) in [6, 6.07) is 12.1. The number of hydroxylamine groups is 2. The molecule has 6 nitrogen and oxygen atoms in total. The molecular weight excluding hydrogens is 402 g/mol. The predicted molar refractivity (Wildman–Crippen MR) is 117 cm³/mol. The van der Waals surface area contributed by atoms with Crippen molar-refractivity contribution in [1.29, 1.82) is 0 Å². The minimum absolute atomic E-state index is 0.124. The molecule has 0 atom stereocenters. The van der Waals surface area contributed by atoms with Crippen molar-refractivity contribution in [3.63, 3.8) is 0 Å². The lowest BCUT2D eigenvalue weighted by Gasteiger charge is -2.13. The molecule has 0 bridgehead atoms. The van der Waals surface area contributed by atoms with Crippen molar-refractivity contribution in [1.82, 2.24) is 5.06 Å². The Bertz CT molecular complexity index is 1020.